The number of methoxy groups -OCH3 is 1. The predicted molar refractivity (Wildman–Crippen MR) is 134 cm³/mol. The lowest BCUT2D eigenvalue weighted by molar-refractivity contribution is 0.0950. The van der Waals surface area contributed by atoms with E-state index < -0.39 is 12.0 Å². The van der Waals surface area contributed by atoms with Gasteiger partial charge in [-0.25, -0.2) is 0 Å². The van der Waals surface area contributed by atoms with Gasteiger partial charge >= 0.3 is 0 Å². The van der Waals surface area contributed by atoms with E-state index in [9.17, 15) is 4.79 Å². The zero-order chi connectivity index (χ0) is 23.2. The summed E-state index contributed by atoms with van der Waals surface area (Å²) in [5.41, 5.74) is 3.12. The van der Waals surface area contributed by atoms with Crippen LogP contribution in [0.4, 0.5) is 5.69 Å². The lowest BCUT2D eigenvalue weighted by Gasteiger charge is -2.29. The Morgan fingerprint density at radius 2 is 1.61 bits per heavy atom. The van der Waals surface area contributed by atoms with Gasteiger partial charge in [-0.05, 0) is 53.6 Å². The molecule has 33 heavy (non-hydrogen) atoms. The number of ketones is 1. The van der Waals surface area contributed by atoms with Crippen molar-refractivity contribution in [3.05, 3.63) is 124 Å². The van der Waals surface area contributed by atoms with Crippen LogP contribution in [0.25, 0.3) is 0 Å². The Bertz CT molecular complexity index is 1230. The van der Waals surface area contributed by atoms with E-state index in [0.29, 0.717) is 21.4 Å². The van der Waals surface area contributed by atoms with Crippen molar-refractivity contribution in [2.45, 2.75) is 12.0 Å². The van der Waals surface area contributed by atoms with Crippen molar-refractivity contribution in [1.82, 2.24) is 4.98 Å². The zero-order valence-corrected chi connectivity index (χ0v) is 19.4. The Labute approximate surface area is 203 Å². The summed E-state index contributed by atoms with van der Waals surface area (Å²) in [7, 11) is 1.62. The Kier molecular flexibility index (Phi) is 7.28. The first-order valence-corrected chi connectivity index (χ1v) is 11.2. The lowest BCUT2D eigenvalue weighted by Crippen LogP contribution is -2.26. The lowest BCUT2D eigenvalue weighted by atomic mass is 9.81. The van der Waals surface area contributed by atoms with Crippen LogP contribution in [0.1, 0.15) is 33.4 Å². The molecule has 0 aliphatic rings. The van der Waals surface area contributed by atoms with Crippen LogP contribution in [0.3, 0.4) is 0 Å². The van der Waals surface area contributed by atoms with Gasteiger partial charge in [0.05, 0.1) is 29.1 Å². The molecule has 0 amide bonds. The van der Waals surface area contributed by atoms with E-state index in [1.54, 1.807) is 31.6 Å². The Hall–Kier alpha value is -3.34. The first-order valence-electron chi connectivity index (χ1n) is 10.4. The van der Waals surface area contributed by atoms with E-state index in [1.165, 1.54) is 0 Å². The molecule has 6 heteroatoms. The van der Waals surface area contributed by atoms with E-state index in [1.807, 2.05) is 72.8 Å². The molecule has 4 aromatic rings. The molecule has 0 saturated carbocycles. The van der Waals surface area contributed by atoms with Crippen LogP contribution in [0.15, 0.2) is 97.3 Å². The van der Waals surface area contributed by atoms with Crippen LogP contribution >= 0.6 is 23.2 Å². The highest BCUT2D eigenvalue weighted by Crippen LogP contribution is 2.38. The summed E-state index contributed by atoms with van der Waals surface area (Å²) in [6.07, 6.45) is 3.39. The maximum atomic E-state index is 13.9. The molecule has 4 rings (SSSR count). The molecule has 0 aliphatic heterocycles. The van der Waals surface area contributed by atoms with Crippen LogP contribution in [0, 0.1) is 0 Å². The fourth-order valence-corrected chi connectivity index (χ4v) is 4.11. The zero-order valence-electron chi connectivity index (χ0n) is 17.9. The number of hydrogen-bond donors (Lipinski definition) is 1. The van der Waals surface area contributed by atoms with Crippen molar-refractivity contribution in [2.75, 3.05) is 12.4 Å². The molecule has 0 aliphatic carbocycles. The molecule has 1 aromatic heterocycles. The minimum Gasteiger partial charge on any atom is -0.497 e. The summed E-state index contributed by atoms with van der Waals surface area (Å²) in [6, 6.07) is 25.6. The molecule has 2 atom stereocenters. The summed E-state index contributed by atoms with van der Waals surface area (Å²) in [6.45, 7) is 0. The normalized spacial score (nSPS) is 12.6. The van der Waals surface area contributed by atoms with Crippen LogP contribution in [-0.2, 0) is 0 Å². The summed E-state index contributed by atoms with van der Waals surface area (Å²) in [5, 5.41) is 4.42. The molecule has 0 bridgehead atoms. The number of ether oxygens (including phenoxy) is 1. The number of rotatable bonds is 8. The minimum atomic E-state index is -0.544. The number of halogens is 2. The van der Waals surface area contributed by atoms with Crippen LogP contribution in [-0.4, -0.2) is 17.9 Å². The number of carbonyl (C=O) groups excluding carboxylic acids is 1. The van der Waals surface area contributed by atoms with Gasteiger partial charge in [-0.2, -0.15) is 0 Å². The number of pyridine rings is 1. The minimum absolute atomic E-state index is 0.0119. The maximum Gasteiger partial charge on any atom is 0.172 e. The van der Waals surface area contributed by atoms with E-state index in [2.05, 4.69) is 10.3 Å². The van der Waals surface area contributed by atoms with Crippen LogP contribution in [0.2, 0.25) is 10.0 Å². The van der Waals surface area contributed by atoms with Gasteiger partial charge in [-0.1, -0.05) is 65.7 Å². The SMILES string of the molecule is COc1cccc(C(Nc2ccc(Cl)c(Cl)c2)C(C(=O)c2ccccc2)c2ccncc2)c1. The van der Waals surface area contributed by atoms with Crippen LogP contribution < -0.4 is 10.1 Å². The van der Waals surface area contributed by atoms with Gasteiger partial charge in [0.15, 0.2) is 5.78 Å². The van der Waals surface area contributed by atoms with Gasteiger partial charge in [-0.3, -0.25) is 9.78 Å². The standard InChI is InChI=1S/C27H22Cl2N2O2/c1-33-22-9-5-8-20(16-22)26(31-21-10-11-23(28)24(29)17-21)25(18-12-14-30-15-13-18)27(32)19-6-3-2-4-7-19/h2-17,25-26,31H,1H3. The Morgan fingerprint density at radius 1 is 0.848 bits per heavy atom. The van der Waals surface area contributed by atoms with Gasteiger partial charge < -0.3 is 10.1 Å². The second kappa shape index (κ2) is 10.5. The van der Waals surface area contributed by atoms with Gasteiger partial charge in [0.1, 0.15) is 5.75 Å². The molecule has 0 radical (unpaired) electrons. The number of hydrogen-bond acceptors (Lipinski definition) is 4. The number of nitrogens with one attached hydrogen (secondary N) is 1. The quantitative estimate of drug-likeness (QED) is 0.272. The van der Waals surface area contributed by atoms with E-state index in [4.69, 9.17) is 27.9 Å². The number of nitrogens with zero attached hydrogens (tertiary/aromatic N) is 1. The Morgan fingerprint density at radius 3 is 2.30 bits per heavy atom. The van der Waals surface area contributed by atoms with E-state index in [-0.39, 0.29) is 5.78 Å². The maximum absolute atomic E-state index is 13.9. The first kappa shape index (κ1) is 22.8. The summed E-state index contributed by atoms with van der Waals surface area (Å²) >= 11 is 12.4. The van der Waals surface area contributed by atoms with E-state index >= 15 is 0 Å². The van der Waals surface area contributed by atoms with Gasteiger partial charge in [0.2, 0.25) is 0 Å². The number of carbonyl (C=O) groups is 1. The second-order valence-corrected chi connectivity index (χ2v) is 8.33. The van der Waals surface area contributed by atoms with Crippen molar-refractivity contribution >= 4 is 34.7 Å². The summed E-state index contributed by atoms with van der Waals surface area (Å²) < 4.78 is 5.46. The van der Waals surface area contributed by atoms with Crippen molar-refractivity contribution < 1.29 is 9.53 Å². The van der Waals surface area contributed by atoms with Gasteiger partial charge in [0.25, 0.3) is 0 Å². The fourth-order valence-electron chi connectivity index (χ4n) is 3.81. The molecule has 0 saturated heterocycles. The summed E-state index contributed by atoms with van der Waals surface area (Å²) in [5.74, 6) is 0.146. The molecule has 1 N–H and O–H groups in total. The highest BCUT2D eigenvalue weighted by atomic mass is 35.5. The highest BCUT2D eigenvalue weighted by molar-refractivity contribution is 6.42. The average Bonchev–Trinajstić information content (AvgIpc) is 2.87. The molecule has 3 aromatic carbocycles. The largest absolute Gasteiger partial charge is 0.497 e. The number of anilines is 1. The van der Waals surface area contributed by atoms with Crippen molar-refractivity contribution in [3.8, 4) is 5.75 Å². The topological polar surface area (TPSA) is 51.2 Å². The van der Waals surface area contributed by atoms with Gasteiger partial charge in [0, 0.05) is 23.6 Å². The highest BCUT2D eigenvalue weighted by Gasteiger charge is 2.32. The number of aromatic nitrogens is 1. The van der Waals surface area contributed by atoms with Crippen molar-refractivity contribution in [2.24, 2.45) is 0 Å². The molecule has 0 fully saturated rings. The molecule has 1 heterocycles. The summed E-state index contributed by atoms with van der Waals surface area (Å²) in [4.78, 5) is 18.0. The number of benzene rings is 3. The van der Waals surface area contributed by atoms with Crippen molar-refractivity contribution in [3.63, 3.8) is 0 Å². The third-order valence-electron chi connectivity index (χ3n) is 5.43. The molecule has 4 nitrogen and oxygen atoms in total. The Balaban J connectivity index is 1.86. The molecular formula is C27H22Cl2N2O2. The predicted octanol–water partition coefficient (Wildman–Crippen LogP) is 7.22. The van der Waals surface area contributed by atoms with Gasteiger partial charge in [-0.15, -0.1) is 0 Å². The molecule has 2 unspecified atom stereocenters. The molecular weight excluding hydrogens is 455 g/mol. The smallest absolute Gasteiger partial charge is 0.172 e. The van der Waals surface area contributed by atoms with Crippen molar-refractivity contribution in [1.29, 1.82) is 0 Å². The monoisotopic (exact) mass is 476 g/mol. The average molecular weight is 477 g/mol. The third kappa shape index (κ3) is 5.36. The molecule has 0 spiro atoms. The second-order valence-electron chi connectivity index (χ2n) is 7.52. The number of Topliss-reactive ketones (excluding diaryl/α,β-unsaturated/α-hetero) is 1. The van der Waals surface area contributed by atoms with Crippen LogP contribution in [0.5, 0.6) is 5.75 Å². The first-order chi connectivity index (χ1) is 16.1. The molecule has 166 valence electrons. The van der Waals surface area contributed by atoms with E-state index in [0.717, 1.165) is 16.8 Å². The third-order valence-corrected chi connectivity index (χ3v) is 6.17. The fraction of sp³-hybridized carbons (Fsp3) is 0.111.